The third-order valence-electron chi connectivity index (χ3n) is 4.48. The second kappa shape index (κ2) is 7.59. The van der Waals surface area contributed by atoms with Gasteiger partial charge in [-0.2, -0.15) is 0 Å². The Bertz CT molecular complexity index is 897. The zero-order chi connectivity index (χ0) is 18.7. The minimum absolute atomic E-state index is 0.0916. The Labute approximate surface area is 156 Å². The predicted octanol–water partition coefficient (Wildman–Crippen LogP) is 2.91. The molecule has 1 aromatic carbocycles. The lowest BCUT2D eigenvalue weighted by Gasteiger charge is -2.31. The van der Waals surface area contributed by atoms with Crippen LogP contribution >= 0.6 is 11.3 Å². The number of nitrogens with zero attached hydrogens (tertiary/aromatic N) is 1. The fraction of sp³-hybridized carbons (Fsp3) is 0.333. The van der Waals surface area contributed by atoms with Crippen LogP contribution in [0.5, 0.6) is 0 Å². The van der Waals surface area contributed by atoms with E-state index in [4.69, 9.17) is 5.11 Å². The first kappa shape index (κ1) is 18.6. The molecule has 2 aromatic rings. The first-order chi connectivity index (χ1) is 12.4. The van der Waals surface area contributed by atoms with Gasteiger partial charge in [-0.1, -0.05) is 18.2 Å². The van der Waals surface area contributed by atoms with E-state index in [1.54, 1.807) is 29.2 Å². The molecule has 0 radical (unpaired) electrons. The first-order valence-electron chi connectivity index (χ1n) is 8.29. The van der Waals surface area contributed by atoms with Crippen molar-refractivity contribution in [3.63, 3.8) is 0 Å². The number of hydrogen-bond donors (Lipinski definition) is 1. The number of carboxylic acids is 1. The normalized spacial score (nSPS) is 15.8. The van der Waals surface area contributed by atoms with E-state index >= 15 is 0 Å². The fourth-order valence-corrected chi connectivity index (χ4v) is 5.74. The van der Waals surface area contributed by atoms with E-state index < -0.39 is 15.8 Å². The highest BCUT2D eigenvalue weighted by molar-refractivity contribution is 7.93. The van der Waals surface area contributed by atoms with E-state index in [1.807, 2.05) is 0 Å². The molecule has 138 valence electrons. The number of rotatable bonds is 5. The number of piperidine rings is 1. The number of aliphatic carboxylic acids is 1. The van der Waals surface area contributed by atoms with E-state index in [9.17, 15) is 18.0 Å². The Morgan fingerprint density at radius 2 is 1.73 bits per heavy atom. The van der Waals surface area contributed by atoms with Crippen LogP contribution in [0.2, 0.25) is 0 Å². The monoisotopic (exact) mass is 393 g/mol. The molecule has 0 bridgehead atoms. The SMILES string of the molecule is O=C(O)CC1CCN(C(=O)c2ccc(S(=O)(=O)c3ccccc3)s2)CC1. The smallest absolute Gasteiger partial charge is 0.303 e. The number of thiophene rings is 1. The number of likely N-dealkylation sites (tertiary alicyclic amines) is 1. The first-order valence-corrected chi connectivity index (χ1v) is 10.6. The summed E-state index contributed by atoms with van der Waals surface area (Å²) in [6, 6.07) is 11.1. The lowest BCUT2D eigenvalue weighted by atomic mass is 9.93. The van der Waals surface area contributed by atoms with Gasteiger partial charge in [-0.05, 0) is 43.0 Å². The lowest BCUT2D eigenvalue weighted by molar-refractivity contribution is -0.138. The second-order valence-electron chi connectivity index (χ2n) is 6.27. The zero-order valence-electron chi connectivity index (χ0n) is 14.0. The summed E-state index contributed by atoms with van der Waals surface area (Å²) in [4.78, 5) is 25.7. The topological polar surface area (TPSA) is 91.8 Å². The Morgan fingerprint density at radius 1 is 1.08 bits per heavy atom. The highest BCUT2D eigenvalue weighted by Gasteiger charge is 2.27. The van der Waals surface area contributed by atoms with Crippen molar-refractivity contribution in [2.24, 2.45) is 5.92 Å². The molecule has 1 saturated heterocycles. The molecule has 1 aliphatic rings. The lowest BCUT2D eigenvalue weighted by Crippen LogP contribution is -2.38. The summed E-state index contributed by atoms with van der Waals surface area (Å²) in [6.07, 6.45) is 1.43. The second-order valence-corrected chi connectivity index (χ2v) is 9.53. The van der Waals surface area contributed by atoms with Crippen molar-refractivity contribution in [2.45, 2.75) is 28.4 Å². The number of carbonyl (C=O) groups is 2. The highest BCUT2D eigenvalue weighted by Crippen LogP contribution is 2.29. The van der Waals surface area contributed by atoms with Gasteiger partial charge in [-0.15, -0.1) is 11.3 Å². The molecule has 0 spiro atoms. The van der Waals surface area contributed by atoms with Crippen molar-refractivity contribution in [1.29, 1.82) is 0 Å². The van der Waals surface area contributed by atoms with E-state index in [2.05, 4.69) is 0 Å². The molecule has 2 heterocycles. The van der Waals surface area contributed by atoms with Crippen LogP contribution in [0.15, 0.2) is 51.6 Å². The molecule has 8 heteroatoms. The molecule has 6 nitrogen and oxygen atoms in total. The van der Waals surface area contributed by atoms with Crippen LogP contribution in [-0.2, 0) is 14.6 Å². The molecular formula is C18H19NO5S2. The summed E-state index contributed by atoms with van der Waals surface area (Å²) < 4.78 is 25.4. The van der Waals surface area contributed by atoms with Crippen LogP contribution < -0.4 is 0 Å². The maximum absolute atomic E-state index is 12.6. The van der Waals surface area contributed by atoms with Crippen molar-refractivity contribution in [1.82, 2.24) is 4.90 Å². The molecule has 1 aromatic heterocycles. The third-order valence-corrected chi connectivity index (χ3v) is 7.81. The van der Waals surface area contributed by atoms with Gasteiger partial charge in [0.25, 0.3) is 5.91 Å². The minimum atomic E-state index is -3.62. The number of sulfone groups is 1. The van der Waals surface area contributed by atoms with Gasteiger partial charge >= 0.3 is 5.97 Å². The Hall–Kier alpha value is -2.19. The largest absolute Gasteiger partial charge is 0.481 e. The molecule has 0 atom stereocenters. The quantitative estimate of drug-likeness (QED) is 0.843. The molecular weight excluding hydrogens is 374 g/mol. The maximum Gasteiger partial charge on any atom is 0.303 e. The summed E-state index contributed by atoms with van der Waals surface area (Å²) in [5.74, 6) is -0.920. The van der Waals surface area contributed by atoms with Gasteiger partial charge in [-0.25, -0.2) is 8.42 Å². The van der Waals surface area contributed by atoms with Crippen LogP contribution in [0.3, 0.4) is 0 Å². The van der Waals surface area contributed by atoms with Crippen LogP contribution in [0.1, 0.15) is 28.9 Å². The summed E-state index contributed by atoms with van der Waals surface area (Å²) in [5, 5.41) is 8.86. The summed E-state index contributed by atoms with van der Waals surface area (Å²) in [6.45, 7) is 0.991. The van der Waals surface area contributed by atoms with Crippen molar-refractivity contribution < 1.29 is 23.1 Å². The molecule has 0 saturated carbocycles. The summed E-state index contributed by atoms with van der Waals surface area (Å²) in [5.41, 5.74) is 0. The number of benzene rings is 1. The number of hydrogen-bond acceptors (Lipinski definition) is 5. The average Bonchev–Trinajstić information content (AvgIpc) is 3.13. The summed E-state index contributed by atoms with van der Waals surface area (Å²) >= 11 is 0.975. The molecule has 1 aliphatic heterocycles. The Morgan fingerprint density at radius 3 is 2.35 bits per heavy atom. The zero-order valence-corrected chi connectivity index (χ0v) is 15.6. The van der Waals surface area contributed by atoms with E-state index in [0.717, 1.165) is 11.3 Å². The summed E-state index contributed by atoms with van der Waals surface area (Å²) in [7, 11) is -3.62. The van der Waals surface area contributed by atoms with Crippen LogP contribution in [0, 0.1) is 5.92 Å². The molecule has 26 heavy (non-hydrogen) atoms. The molecule has 1 fully saturated rings. The van der Waals surface area contributed by atoms with E-state index in [0.29, 0.717) is 30.8 Å². The van der Waals surface area contributed by atoms with Gasteiger partial charge in [0.15, 0.2) is 0 Å². The predicted molar refractivity (Wildman–Crippen MR) is 97.1 cm³/mol. The van der Waals surface area contributed by atoms with Gasteiger partial charge in [0.2, 0.25) is 9.84 Å². The maximum atomic E-state index is 12.6. The van der Waals surface area contributed by atoms with Crippen LogP contribution in [0.4, 0.5) is 0 Å². The van der Waals surface area contributed by atoms with Crippen molar-refractivity contribution in [3.8, 4) is 0 Å². The van der Waals surface area contributed by atoms with Crippen molar-refractivity contribution >= 4 is 33.1 Å². The minimum Gasteiger partial charge on any atom is -0.481 e. The average molecular weight is 393 g/mol. The van der Waals surface area contributed by atoms with Gasteiger partial charge in [0.05, 0.1) is 9.77 Å². The molecule has 0 unspecified atom stereocenters. The fourth-order valence-electron chi connectivity index (χ4n) is 3.04. The molecule has 1 N–H and O–H groups in total. The van der Waals surface area contributed by atoms with Crippen LogP contribution in [0.25, 0.3) is 0 Å². The Kier molecular flexibility index (Phi) is 5.43. The molecule has 3 rings (SSSR count). The van der Waals surface area contributed by atoms with Crippen molar-refractivity contribution in [2.75, 3.05) is 13.1 Å². The highest BCUT2D eigenvalue weighted by atomic mass is 32.2. The number of carbonyl (C=O) groups excluding carboxylic acids is 1. The van der Waals surface area contributed by atoms with Crippen LogP contribution in [-0.4, -0.2) is 43.4 Å². The van der Waals surface area contributed by atoms with Crippen molar-refractivity contribution in [3.05, 3.63) is 47.3 Å². The molecule has 1 amide bonds. The van der Waals surface area contributed by atoms with E-state index in [1.165, 1.54) is 18.2 Å². The standard InChI is InChI=1S/C18H19NO5S2/c20-16(21)12-13-8-10-19(11-9-13)18(22)15-6-7-17(25-15)26(23,24)14-4-2-1-3-5-14/h1-7,13H,8-12H2,(H,20,21). The number of amides is 1. The van der Waals surface area contributed by atoms with Gasteiger partial charge < -0.3 is 10.0 Å². The van der Waals surface area contributed by atoms with Gasteiger partial charge in [0.1, 0.15) is 4.21 Å². The third kappa shape index (κ3) is 3.96. The van der Waals surface area contributed by atoms with Gasteiger partial charge in [-0.3, -0.25) is 9.59 Å². The Balaban J connectivity index is 1.70. The van der Waals surface area contributed by atoms with Gasteiger partial charge in [0, 0.05) is 19.5 Å². The number of carboxylic acid groups (broad SMARTS) is 1. The molecule has 0 aliphatic carbocycles. The van der Waals surface area contributed by atoms with E-state index in [-0.39, 0.29) is 27.4 Å².